The molecule has 0 radical (unpaired) electrons. The summed E-state index contributed by atoms with van der Waals surface area (Å²) in [6.07, 6.45) is 2.53. The smallest absolute Gasteiger partial charge is 0.219 e. The number of aliphatic imine (C=N–C) groups is 1. The molecule has 166 valence electrons. The van der Waals surface area contributed by atoms with E-state index in [4.69, 9.17) is 4.74 Å². The third kappa shape index (κ3) is 8.06. The van der Waals surface area contributed by atoms with Crippen LogP contribution in [0, 0.1) is 19.7 Å². The molecule has 0 saturated heterocycles. The molecule has 0 amide bonds. The van der Waals surface area contributed by atoms with Crippen molar-refractivity contribution in [3.8, 4) is 11.6 Å². The van der Waals surface area contributed by atoms with Crippen molar-refractivity contribution in [2.75, 3.05) is 13.1 Å². The number of aryl methyl sites for hydroxylation is 2. The van der Waals surface area contributed by atoms with Gasteiger partial charge in [-0.2, -0.15) is 0 Å². The summed E-state index contributed by atoms with van der Waals surface area (Å²) in [7, 11) is 0. The normalized spacial score (nSPS) is 11.0. The number of pyridine rings is 1. The molecule has 0 atom stereocenters. The van der Waals surface area contributed by atoms with E-state index in [1.807, 2.05) is 26.0 Å². The Bertz CT molecular complexity index is 974. The van der Waals surface area contributed by atoms with E-state index in [1.54, 1.807) is 29.7 Å². The first-order valence-electron chi connectivity index (χ1n) is 9.87. The number of thiazole rings is 1. The quantitative estimate of drug-likeness (QED) is 0.233. The lowest BCUT2D eigenvalue weighted by Crippen LogP contribution is -2.38. The second kappa shape index (κ2) is 12.6. The number of hydrogen-bond donors (Lipinski definition) is 2. The highest BCUT2D eigenvalue weighted by Crippen LogP contribution is 2.20. The Morgan fingerprint density at radius 3 is 2.61 bits per heavy atom. The van der Waals surface area contributed by atoms with Gasteiger partial charge in [-0.3, -0.25) is 0 Å². The van der Waals surface area contributed by atoms with Crippen LogP contribution in [0.1, 0.15) is 28.1 Å². The van der Waals surface area contributed by atoms with Crippen LogP contribution in [0.4, 0.5) is 4.39 Å². The van der Waals surface area contributed by atoms with Gasteiger partial charge in [0.05, 0.1) is 17.2 Å². The van der Waals surface area contributed by atoms with E-state index in [-0.39, 0.29) is 29.8 Å². The molecule has 2 aromatic heterocycles. The predicted molar refractivity (Wildman–Crippen MR) is 134 cm³/mol. The van der Waals surface area contributed by atoms with Gasteiger partial charge in [0.2, 0.25) is 5.88 Å². The number of aromatic nitrogens is 2. The molecule has 0 bridgehead atoms. The van der Waals surface area contributed by atoms with E-state index in [0.717, 1.165) is 41.7 Å². The van der Waals surface area contributed by atoms with Gasteiger partial charge in [-0.15, -0.1) is 35.3 Å². The summed E-state index contributed by atoms with van der Waals surface area (Å²) < 4.78 is 18.7. The lowest BCUT2D eigenvalue weighted by Gasteiger charge is -2.11. The predicted octanol–water partition coefficient (Wildman–Crippen LogP) is 5.00. The van der Waals surface area contributed by atoms with Gasteiger partial charge in [-0.25, -0.2) is 19.4 Å². The molecule has 0 spiro atoms. The van der Waals surface area contributed by atoms with Crippen LogP contribution in [0.2, 0.25) is 0 Å². The molecule has 3 rings (SSSR count). The molecule has 0 fully saturated rings. The Labute approximate surface area is 203 Å². The minimum Gasteiger partial charge on any atom is -0.439 e. The number of benzene rings is 1. The van der Waals surface area contributed by atoms with Crippen LogP contribution in [0.15, 0.2) is 47.6 Å². The molecule has 0 aliphatic rings. The van der Waals surface area contributed by atoms with Crippen molar-refractivity contribution in [1.82, 2.24) is 20.6 Å². The van der Waals surface area contributed by atoms with Crippen LogP contribution in [0.25, 0.3) is 0 Å². The van der Waals surface area contributed by atoms with E-state index in [1.165, 1.54) is 17.0 Å². The number of guanidine groups is 1. The van der Waals surface area contributed by atoms with Crippen LogP contribution in [-0.2, 0) is 13.0 Å². The molecule has 0 saturated carbocycles. The molecule has 1 aromatic carbocycles. The molecule has 0 aliphatic carbocycles. The van der Waals surface area contributed by atoms with Gasteiger partial charge >= 0.3 is 0 Å². The molecule has 2 N–H and O–H groups in total. The number of nitrogens with one attached hydrogen (secondary N) is 2. The highest BCUT2D eigenvalue weighted by atomic mass is 127. The van der Waals surface area contributed by atoms with Gasteiger partial charge in [0, 0.05) is 36.7 Å². The number of hydrogen-bond acceptors (Lipinski definition) is 5. The zero-order valence-corrected chi connectivity index (χ0v) is 21.0. The van der Waals surface area contributed by atoms with Crippen molar-refractivity contribution in [3.63, 3.8) is 0 Å². The fraction of sp³-hybridized carbons (Fsp3) is 0.318. The van der Waals surface area contributed by atoms with Crippen molar-refractivity contribution >= 4 is 41.3 Å². The largest absolute Gasteiger partial charge is 0.439 e. The fourth-order valence-corrected chi connectivity index (χ4v) is 3.61. The average Bonchev–Trinajstić information content (AvgIpc) is 3.05. The van der Waals surface area contributed by atoms with Gasteiger partial charge in [0.1, 0.15) is 11.6 Å². The Balaban J connectivity index is 0.00000341. The second-order valence-electron chi connectivity index (χ2n) is 6.68. The SMILES string of the molecule is CCNC(=NCc1ccnc(Oc2ccc(F)cc2)c1)NCCc1nc(C)c(C)s1.I. The summed E-state index contributed by atoms with van der Waals surface area (Å²) >= 11 is 1.74. The lowest BCUT2D eigenvalue weighted by molar-refractivity contribution is 0.460. The molecule has 3 aromatic rings. The van der Waals surface area contributed by atoms with Crippen molar-refractivity contribution in [2.24, 2.45) is 4.99 Å². The highest BCUT2D eigenvalue weighted by molar-refractivity contribution is 14.0. The minimum atomic E-state index is -0.304. The van der Waals surface area contributed by atoms with Crippen molar-refractivity contribution in [2.45, 2.75) is 33.7 Å². The van der Waals surface area contributed by atoms with Crippen molar-refractivity contribution < 1.29 is 9.13 Å². The molecule has 0 unspecified atom stereocenters. The number of ether oxygens (including phenoxy) is 1. The molecular weight excluding hydrogens is 528 g/mol. The number of rotatable bonds is 8. The van der Waals surface area contributed by atoms with E-state index in [9.17, 15) is 4.39 Å². The third-order valence-electron chi connectivity index (χ3n) is 4.30. The monoisotopic (exact) mass is 555 g/mol. The van der Waals surface area contributed by atoms with E-state index in [0.29, 0.717) is 18.2 Å². The molecule has 31 heavy (non-hydrogen) atoms. The maximum absolute atomic E-state index is 13.0. The zero-order chi connectivity index (χ0) is 21.3. The Morgan fingerprint density at radius 2 is 1.94 bits per heavy atom. The van der Waals surface area contributed by atoms with Crippen LogP contribution in [-0.4, -0.2) is 29.0 Å². The maximum atomic E-state index is 13.0. The lowest BCUT2D eigenvalue weighted by atomic mass is 10.2. The minimum absolute atomic E-state index is 0. The summed E-state index contributed by atoms with van der Waals surface area (Å²) in [6.45, 7) is 8.18. The van der Waals surface area contributed by atoms with Gasteiger partial charge < -0.3 is 15.4 Å². The summed E-state index contributed by atoms with van der Waals surface area (Å²) in [6, 6.07) is 9.57. The number of halogens is 2. The first kappa shape index (κ1) is 25.0. The molecule has 6 nitrogen and oxygen atoms in total. The van der Waals surface area contributed by atoms with Crippen LogP contribution in [0.3, 0.4) is 0 Å². The first-order chi connectivity index (χ1) is 14.5. The topological polar surface area (TPSA) is 71.4 Å². The van der Waals surface area contributed by atoms with Crippen LogP contribution < -0.4 is 15.4 Å². The van der Waals surface area contributed by atoms with Crippen LogP contribution >= 0.6 is 35.3 Å². The zero-order valence-electron chi connectivity index (χ0n) is 17.8. The molecule has 2 heterocycles. The Hall–Kier alpha value is -2.27. The standard InChI is InChI=1S/C22H26FN5OS.HI/c1-4-24-22(26-12-10-21-28-15(2)16(3)30-21)27-14-17-9-11-25-20(13-17)29-19-7-5-18(23)6-8-19;/h5-9,11,13H,4,10,12,14H2,1-3H3,(H2,24,26,27);1H. The Kier molecular flexibility index (Phi) is 10.1. The second-order valence-corrected chi connectivity index (χ2v) is 7.97. The Morgan fingerprint density at radius 1 is 1.16 bits per heavy atom. The van der Waals surface area contributed by atoms with E-state index >= 15 is 0 Å². The molecule has 0 aliphatic heterocycles. The van der Waals surface area contributed by atoms with Gasteiger partial charge in [-0.1, -0.05) is 0 Å². The first-order valence-corrected chi connectivity index (χ1v) is 10.7. The van der Waals surface area contributed by atoms with E-state index < -0.39 is 0 Å². The highest BCUT2D eigenvalue weighted by Gasteiger charge is 2.05. The van der Waals surface area contributed by atoms with Crippen molar-refractivity contribution in [3.05, 3.63) is 69.6 Å². The maximum Gasteiger partial charge on any atom is 0.219 e. The average molecular weight is 555 g/mol. The third-order valence-corrected chi connectivity index (χ3v) is 5.44. The molecular formula is C22H27FIN5OS. The van der Waals surface area contributed by atoms with Crippen molar-refractivity contribution in [1.29, 1.82) is 0 Å². The van der Waals surface area contributed by atoms with Gasteiger partial charge in [0.15, 0.2) is 5.96 Å². The number of nitrogens with zero attached hydrogens (tertiary/aromatic N) is 3. The van der Waals surface area contributed by atoms with Gasteiger partial charge in [0.25, 0.3) is 0 Å². The molecule has 9 heteroatoms. The van der Waals surface area contributed by atoms with E-state index in [2.05, 4.69) is 32.5 Å². The summed E-state index contributed by atoms with van der Waals surface area (Å²) in [4.78, 5) is 14.7. The summed E-state index contributed by atoms with van der Waals surface area (Å²) in [5.74, 6) is 1.43. The fourth-order valence-electron chi connectivity index (χ4n) is 2.67. The van der Waals surface area contributed by atoms with Crippen LogP contribution in [0.5, 0.6) is 11.6 Å². The summed E-state index contributed by atoms with van der Waals surface area (Å²) in [5.41, 5.74) is 2.07. The summed E-state index contributed by atoms with van der Waals surface area (Å²) in [5, 5.41) is 7.74. The van der Waals surface area contributed by atoms with Gasteiger partial charge in [-0.05, 0) is 56.7 Å².